The quantitative estimate of drug-likeness (QED) is 0.511. The van der Waals surface area contributed by atoms with E-state index in [-0.39, 0.29) is 23.8 Å². The molecule has 0 aliphatic rings. The number of amides is 1. The van der Waals surface area contributed by atoms with Crippen molar-refractivity contribution in [1.29, 1.82) is 0 Å². The topological polar surface area (TPSA) is 68.5 Å². The fourth-order valence-electron chi connectivity index (χ4n) is 3.06. The normalized spacial score (nSPS) is 11.0. The minimum absolute atomic E-state index is 0.109. The maximum absolute atomic E-state index is 12.9. The predicted octanol–water partition coefficient (Wildman–Crippen LogP) is 4.72. The van der Waals surface area contributed by atoms with Crippen molar-refractivity contribution in [3.05, 3.63) is 81.8 Å². The van der Waals surface area contributed by atoms with Crippen molar-refractivity contribution in [2.45, 2.75) is 13.8 Å². The Bertz CT molecular complexity index is 1290. The van der Waals surface area contributed by atoms with Crippen LogP contribution in [-0.2, 0) is 4.79 Å². The molecule has 4 rings (SSSR count). The third kappa shape index (κ3) is 3.82. The van der Waals surface area contributed by atoms with E-state index in [9.17, 15) is 14.0 Å². The molecule has 0 unspecified atom stereocenters. The van der Waals surface area contributed by atoms with Gasteiger partial charge in [-0.05, 0) is 73.5 Å². The SMILES string of the molecule is Cc1cc2oc3cc(NC(=O)COc4ccc(F)cc4)ccc3c(=O)c2cc1C. The minimum atomic E-state index is -0.386. The summed E-state index contributed by atoms with van der Waals surface area (Å²) in [7, 11) is 0. The first-order chi connectivity index (χ1) is 13.9. The van der Waals surface area contributed by atoms with Crippen LogP contribution in [0.2, 0.25) is 0 Å². The first-order valence-corrected chi connectivity index (χ1v) is 9.07. The monoisotopic (exact) mass is 391 g/mol. The lowest BCUT2D eigenvalue weighted by molar-refractivity contribution is -0.118. The van der Waals surface area contributed by atoms with Crippen LogP contribution in [0.5, 0.6) is 5.75 Å². The zero-order chi connectivity index (χ0) is 20.5. The Balaban J connectivity index is 1.57. The van der Waals surface area contributed by atoms with Gasteiger partial charge in [0.1, 0.15) is 22.7 Å². The molecule has 0 aliphatic carbocycles. The Hall–Kier alpha value is -3.67. The molecule has 1 amide bonds. The molecule has 146 valence electrons. The summed E-state index contributed by atoms with van der Waals surface area (Å²) < 4.78 is 24.1. The lowest BCUT2D eigenvalue weighted by Gasteiger charge is -2.09. The molecule has 1 aromatic heterocycles. The molecule has 0 atom stereocenters. The fourth-order valence-corrected chi connectivity index (χ4v) is 3.06. The van der Waals surface area contributed by atoms with Crippen LogP contribution in [0.1, 0.15) is 11.1 Å². The first-order valence-electron chi connectivity index (χ1n) is 9.07. The van der Waals surface area contributed by atoms with Gasteiger partial charge in [0.15, 0.2) is 6.61 Å². The van der Waals surface area contributed by atoms with Crippen molar-refractivity contribution in [3.63, 3.8) is 0 Å². The number of anilines is 1. The van der Waals surface area contributed by atoms with Gasteiger partial charge in [-0.3, -0.25) is 9.59 Å². The van der Waals surface area contributed by atoms with Gasteiger partial charge in [-0.15, -0.1) is 0 Å². The number of nitrogens with one attached hydrogen (secondary N) is 1. The number of carbonyl (C=O) groups excluding carboxylic acids is 1. The van der Waals surface area contributed by atoms with Crippen molar-refractivity contribution in [2.75, 3.05) is 11.9 Å². The van der Waals surface area contributed by atoms with Crippen LogP contribution in [0.15, 0.2) is 63.8 Å². The highest BCUT2D eigenvalue weighted by molar-refractivity contribution is 5.96. The largest absolute Gasteiger partial charge is 0.484 e. The Morgan fingerprint density at radius 2 is 1.66 bits per heavy atom. The van der Waals surface area contributed by atoms with Crippen molar-refractivity contribution in [3.8, 4) is 5.75 Å². The number of rotatable bonds is 4. The van der Waals surface area contributed by atoms with E-state index in [1.807, 2.05) is 26.0 Å². The van der Waals surface area contributed by atoms with Crippen LogP contribution in [0.25, 0.3) is 21.9 Å². The number of hydrogen-bond donors (Lipinski definition) is 1. The van der Waals surface area contributed by atoms with Crippen LogP contribution in [-0.4, -0.2) is 12.5 Å². The molecule has 4 aromatic rings. The summed E-state index contributed by atoms with van der Waals surface area (Å²) in [6, 6.07) is 14.0. The van der Waals surface area contributed by atoms with Gasteiger partial charge in [-0.2, -0.15) is 0 Å². The number of halogens is 1. The van der Waals surface area contributed by atoms with Gasteiger partial charge in [0, 0.05) is 11.8 Å². The van der Waals surface area contributed by atoms with Crippen LogP contribution >= 0.6 is 0 Å². The predicted molar refractivity (Wildman–Crippen MR) is 110 cm³/mol. The van der Waals surface area contributed by atoms with Gasteiger partial charge in [0.2, 0.25) is 5.43 Å². The van der Waals surface area contributed by atoms with E-state index >= 15 is 0 Å². The molecular formula is C23H18FNO4. The molecule has 0 saturated heterocycles. The molecule has 5 nitrogen and oxygen atoms in total. The number of aryl methyl sites for hydroxylation is 2. The smallest absolute Gasteiger partial charge is 0.262 e. The average Bonchev–Trinajstić information content (AvgIpc) is 2.69. The lowest BCUT2D eigenvalue weighted by Crippen LogP contribution is -2.20. The van der Waals surface area contributed by atoms with E-state index < -0.39 is 0 Å². The number of benzene rings is 3. The molecule has 3 aromatic carbocycles. The zero-order valence-electron chi connectivity index (χ0n) is 15.9. The zero-order valence-corrected chi connectivity index (χ0v) is 15.9. The van der Waals surface area contributed by atoms with Crippen molar-refractivity contribution >= 4 is 33.5 Å². The van der Waals surface area contributed by atoms with Gasteiger partial charge < -0.3 is 14.5 Å². The highest BCUT2D eigenvalue weighted by Crippen LogP contribution is 2.24. The summed E-state index contributed by atoms with van der Waals surface area (Å²) in [5.41, 5.74) is 3.33. The molecule has 0 fully saturated rings. The summed E-state index contributed by atoms with van der Waals surface area (Å²) in [5.74, 6) is -0.371. The van der Waals surface area contributed by atoms with E-state index in [1.54, 1.807) is 18.2 Å². The van der Waals surface area contributed by atoms with Crippen molar-refractivity contribution < 1.29 is 18.3 Å². The second-order valence-corrected chi connectivity index (χ2v) is 6.87. The summed E-state index contributed by atoms with van der Waals surface area (Å²) in [6.45, 7) is 3.67. The van der Waals surface area contributed by atoms with E-state index in [0.29, 0.717) is 33.4 Å². The molecule has 0 radical (unpaired) electrons. The van der Waals surface area contributed by atoms with E-state index in [4.69, 9.17) is 9.15 Å². The summed E-state index contributed by atoms with van der Waals surface area (Å²) in [5, 5.41) is 3.68. The van der Waals surface area contributed by atoms with Crippen LogP contribution < -0.4 is 15.5 Å². The molecule has 1 heterocycles. The maximum Gasteiger partial charge on any atom is 0.262 e. The second-order valence-electron chi connectivity index (χ2n) is 6.87. The molecular weight excluding hydrogens is 373 g/mol. The number of carbonyl (C=O) groups is 1. The molecule has 0 saturated carbocycles. The molecule has 6 heteroatoms. The summed E-state index contributed by atoms with van der Waals surface area (Å²) in [4.78, 5) is 24.9. The van der Waals surface area contributed by atoms with Gasteiger partial charge >= 0.3 is 0 Å². The molecule has 0 bridgehead atoms. The molecule has 0 spiro atoms. The highest BCUT2D eigenvalue weighted by Gasteiger charge is 2.11. The molecule has 0 aliphatic heterocycles. The van der Waals surface area contributed by atoms with Gasteiger partial charge in [0.25, 0.3) is 5.91 Å². The standard InChI is InChI=1S/C23H18FNO4/c1-13-9-19-20(10-14(13)2)29-21-11-16(5-8-18(21)23(19)27)25-22(26)12-28-17-6-3-15(24)4-7-17/h3-11H,12H2,1-2H3,(H,25,26). The Labute approximate surface area is 165 Å². The lowest BCUT2D eigenvalue weighted by atomic mass is 10.1. The molecule has 29 heavy (non-hydrogen) atoms. The fraction of sp³-hybridized carbons (Fsp3) is 0.130. The van der Waals surface area contributed by atoms with E-state index in [2.05, 4.69) is 5.32 Å². The second kappa shape index (κ2) is 7.39. The Morgan fingerprint density at radius 1 is 0.966 bits per heavy atom. The summed E-state index contributed by atoms with van der Waals surface area (Å²) >= 11 is 0. The minimum Gasteiger partial charge on any atom is -0.484 e. The van der Waals surface area contributed by atoms with Crippen molar-refractivity contribution in [2.24, 2.45) is 0 Å². The van der Waals surface area contributed by atoms with Crippen LogP contribution in [0.3, 0.4) is 0 Å². The third-order valence-corrected chi connectivity index (χ3v) is 4.75. The number of fused-ring (bicyclic) bond motifs is 2. The Morgan fingerprint density at radius 3 is 2.41 bits per heavy atom. The summed E-state index contributed by atoms with van der Waals surface area (Å²) in [6.07, 6.45) is 0. The number of ether oxygens (including phenoxy) is 1. The Kier molecular flexibility index (Phi) is 4.76. The van der Waals surface area contributed by atoms with Gasteiger partial charge in [0.05, 0.1) is 10.8 Å². The number of hydrogen-bond acceptors (Lipinski definition) is 4. The van der Waals surface area contributed by atoms with Crippen molar-refractivity contribution in [1.82, 2.24) is 0 Å². The third-order valence-electron chi connectivity index (χ3n) is 4.75. The van der Waals surface area contributed by atoms with E-state index in [0.717, 1.165) is 11.1 Å². The average molecular weight is 391 g/mol. The molecule has 1 N–H and O–H groups in total. The van der Waals surface area contributed by atoms with Gasteiger partial charge in [-0.1, -0.05) is 0 Å². The van der Waals surface area contributed by atoms with E-state index in [1.165, 1.54) is 24.3 Å². The first kappa shape index (κ1) is 18.7. The van der Waals surface area contributed by atoms with Crippen LogP contribution in [0.4, 0.5) is 10.1 Å². The highest BCUT2D eigenvalue weighted by atomic mass is 19.1. The van der Waals surface area contributed by atoms with Crippen LogP contribution in [0, 0.1) is 19.7 Å². The maximum atomic E-state index is 12.9. The van der Waals surface area contributed by atoms with Gasteiger partial charge in [-0.25, -0.2) is 4.39 Å².